The van der Waals surface area contributed by atoms with Crippen molar-refractivity contribution < 1.29 is 9.53 Å². The Balaban J connectivity index is 1.76. The average molecular weight is 468 g/mol. The van der Waals surface area contributed by atoms with Crippen LogP contribution in [0.5, 0.6) is 0 Å². The van der Waals surface area contributed by atoms with Crippen LogP contribution in [-0.2, 0) is 17.3 Å². The first kappa shape index (κ1) is 23.2. The molecule has 4 rings (SSSR count). The van der Waals surface area contributed by atoms with Crippen molar-refractivity contribution in [3.63, 3.8) is 0 Å². The van der Waals surface area contributed by atoms with E-state index in [9.17, 15) is 9.59 Å². The molecule has 1 aliphatic heterocycles. The zero-order chi connectivity index (χ0) is 24.0. The summed E-state index contributed by atoms with van der Waals surface area (Å²) in [5.74, 6) is 0. The molecule has 1 aromatic heterocycles. The quantitative estimate of drug-likeness (QED) is 0.556. The van der Waals surface area contributed by atoms with E-state index in [2.05, 4.69) is 5.32 Å². The van der Waals surface area contributed by atoms with Crippen LogP contribution in [0, 0.1) is 6.92 Å². The fourth-order valence-corrected chi connectivity index (χ4v) is 4.67. The summed E-state index contributed by atoms with van der Waals surface area (Å²) in [4.78, 5) is 27.3. The van der Waals surface area contributed by atoms with E-state index in [1.165, 1.54) is 0 Å². The molecule has 1 fully saturated rings. The van der Waals surface area contributed by atoms with Crippen LogP contribution in [0.25, 0.3) is 10.8 Å². The van der Waals surface area contributed by atoms with Gasteiger partial charge in [-0.1, -0.05) is 29.8 Å². The minimum atomic E-state index is -0.570. The highest BCUT2D eigenvalue weighted by atomic mass is 35.5. The molecule has 1 atom stereocenters. The third kappa shape index (κ3) is 4.58. The maximum absolute atomic E-state index is 12.8. The van der Waals surface area contributed by atoms with E-state index in [4.69, 9.17) is 16.3 Å². The number of rotatable bonds is 3. The topological polar surface area (TPSA) is 63.6 Å². The van der Waals surface area contributed by atoms with Gasteiger partial charge in [0.1, 0.15) is 5.60 Å². The van der Waals surface area contributed by atoms with Gasteiger partial charge < -0.3 is 19.5 Å². The van der Waals surface area contributed by atoms with Crippen molar-refractivity contribution >= 4 is 34.2 Å². The molecule has 0 aliphatic carbocycles. The molecule has 174 valence electrons. The summed E-state index contributed by atoms with van der Waals surface area (Å²) in [7, 11) is 1.74. The number of benzene rings is 2. The van der Waals surface area contributed by atoms with Crippen molar-refractivity contribution in [2.75, 3.05) is 18.4 Å². The van der Waals surface area contributed by atoms with Crippen molar-refractivity contribution in [3.05, 3.63) is 75.2 Å². The first-order chi connectivity index (χ1) is 15.5. The van der Waals surface area contributed by atoms with Gasteiger partial charge in [-0.05, 0) is 74.9 Å². The van der Waals surface area contributed by atoms with Gasteiger partial charge in [-0.3, -0.25) is 4.79 Å². The first-order valence-corrected chi connectivity index (χ1v) is 11.5. The number of carbonyl (C=O) groups is 1. The van der Waals surface area contributed by atoms with Crippen LogP contribution >= 0.6 is 11.6 Å². The number of pyridine rings is 1. The molecule has 2 aromatic carbocycles. The summed E-state index contributed by atoms with van der Waals surface area (Å²) >= 11 is 6.48. The lowest BCUT2D eigenvalue weighted by Gasteiger charge is -2.34. The van der Waals surface area contributed by atoms with Gasteiger partial charge in [0.15, 0.2) is 0 Å². The monoisotopic (exact) mass is 467 g/mol. The number of anilines is 1. The molecule has 3 aromatic rings. The van der Waals surface area contributed by atoms with E-state index < -0.39 is 11.1 Å². The fourth-order valence-electron chi connectivity index (χ4n) is 4.50. The molecule has 1 amide bonds. The molecular formula is C26H30ClN3O3. The Morgan fingerprint density at radius 3 is 2.67 bits per heavy atom. The highest BCUT2D eigenvalue weighted by molar-refractivity contribution is 6.31. The molecule has 0 spiro atoms. The van der Waals surface area contributed by atoms with Crippen LogP contribution in [0.1, 0.15) is 38.3 Å². The number of fused-ring (bicyclic) bond motifs is 1. The molecule has 33 heavy (non-hydrogen) atoms. The summed E-state index contributed by atoms with van der Waals surface area (Å²) in [6.45, 7) is 8.56. The number of halogens is 1. The normalized spacial score (nSPS) is 18.5. The van der Waals surface area contributed by atoms with Crippen LogP contribution in [0.3, 0.4) is 0 Å². The molecule has 1 N–H and O–H groups in total. The molecule has 7 heteroatoms. The average Bonchev–Trinajstić information content (AvgIpc) is 3.17. The molecule has 0 bridgehead atoms. The second-order valence-electron chi connectivity index (χ2n) is 9.81. The summed E-state index contributed by atoms with van der Waals surface area (Å²) in [5.41, 5.74) is 1.62. The van der Waals surface area contributed by atoms with Crippen LogP contribution in [0.15, 0.2) is 53.5 Å². The molecule has 0 radical (unpaired) electrons. The van der Waals surface area contributed by atoms with E-state index >= 15 is 0 Å². The van der Waals surface area contributed by atoms with Gasteiger partial charge in [-0.15, -0.1) is 0 Å². The number of ether oxygens (including phenoxy) is 1. The highest BCUT2D eigenvalue weighted by Gasteiger charge is 2.43. The summed E-state index contributed by atoms with van der Waals surface area (Å²) in [6, 6.07) is 13.6. The molecule has 1 aliphatic rings. The third-order valence-corrected chi connectivity index (χ3v) is 6.58. The zero-order valence-electron chi connectivity index (χ0n) is 19.7. The maximum atomic E-state index is 12.8. The van der Waals surface area contributed by atoms with Crippen molar-refractivity contribution in [1.29, 1.82) is 0 Å². The summed E-state index contributed by atoms with van der Waals surface area (Å²) in [5, 5.41) is 5.88. The molecule has 0 saturated carbocycles. The van der Waals surface area contributed by atoms with Gasteiger partial charge in [0.2, 0.25) is 0 Å². The first-order valence-electron chi connectivity index (χ1n) is 11.1. The Labute approximate surface area is 199 Å². The Bertz CT molecular complexity index is 1280. The Morgan fingerprint density at radius 2 is 1.94 bits per heavy atom. The molecule has 2 heterocycles. The van der Waals surface area contributed by atoms with E-state index in [1.807, 2.05) is 70.2 Å². The number of likely N-dealkylation sites (tertiary alicyclic amines) is 1. The Kier molecular flexibility index (Phi) is 5.91. The number of carbonyl (C=O) groups excluding carboxylic acids is 1. The van der Waals surface area contributed by atoms with Crippen molar-refractivity contribution in [1.82, 2.24) is 9.47 Å². The van der Waals surface area contributed by atoms with Gasteiger partial charge in [0.25, 0.3) is 5.56 Å². The van der Waals surface area contributed by atoms with E-state index in [-0.39, 0.29) is 11.7 Å². The zero-order valence-corrected chi connectivity index (χ0v) is 20.5. The number of amides is 1. The molecule has 6 nitrogen and oxygen atoms in total. The summed E-state index contributed by atoms with van der Waals surface area (Å²) in [6.07, 6.45) is 2.11. The van der Waals surface area contributed by atoms with Gasteiger partial charge in [0, 0.05) is 35.9 Å². The summed E-state index contributed by atoms with van der Waals surface area (Å²) < 4.78 is 7.20. The minimum absolute atomic E-state index is 0.0501. The second kappa shape index (κ2) is 8.41. The number of nitrogens with zero attached hydrogens (tertiary/aromatic N) is 2. The van der Waals surface area contributed by atoms with E-state index in [1.54, 1.807) is 22.7 Å². The van der Waals surface area contributed by atoms with Crippen molar-refractivity contribution in [3.8, 4) is 0 Å². The van der Waals surface area contributed by atoms with Gasteiger partial charge in [-0.25, -0.2) is 4.79 Å². The predicted molar refractivity (Wildman–Crippen MR) is 133 cm³/mol. The third-order valence-electron chi connectivity index (χ3n) is 6.17. The number of hydrogen-bond acceptors (Lipinski definition) is 4. The van der Waals surface area contributed by atoms with Crippen LogP contribution < -0.4 is 10.9 Å². The number of hydrogen-bond donors (Lipinski definition) is 1. The Morgan fingerprint density at radius 1 is 1.18 bits per heavy atom. The second-order valence-corrected chi connectivity index (χ2v) is 10.2. The van der Waals surface area contributed by atoms with Crippen LogP contribution in [0.4, 0.5) is 10.5 Å². The van der Waals surface area contributed by atoms with Gasteiger partial charge >= 0.3 is 6.09 Å². The number of aryl methyl sites for hydroxylation is 1. The van der Waals surface area contributed by atoms with E-state index in [0.717, 1.165) is 22.2 Å². The van der Waals surface area contributed by atoms with Crippen molar-refractivity contribution in [2.45, 2.75) is 45.3 Å². The molecular weight excluding hydrogens is 438 g/mol. The predicted octanol–water partition coefficient (Wildman–Crippen LogP) is 5.45. The SMILES string of the molecule is Cc1c(Cl)cccc1C1(Nc2ccc3ccn(C)c(=O)c3c2)CCN(C(=O)OC(C)(C)C)C1. The minimum Gasteiger partial charge on any atom is -0.444 e. The maximum Gasteiger partial charge on any atom is 0.410 e. The standard InChI is InChI=1S/C26H30ClN3O3/c1-17-21(7-6-8-22(17)27)26(12-14-30(16-26)24(32)33-25(2,3)4)28-19-10-9-18-11-13-29(5)23(31)20(18)15-19/h6-11,13,15,28H,12,14,16H2,1-5H3. The van der Waals surface area contributed by atoms with Gasteiger partial charge in [0.05, 0.1) is 12.1 Å². The van der Waals surface area contributed by atoms with Gasteiger partial charge in [-0.2, -0.15) is 0 Å². The lowest BCUT2D eigenvalue weighted by Crippen LogP contribution is -2.42. The number of nitrogens with one attached hydrogen (secondary N) is 1. The lowest BCUT2D eigenvalue weighted by molar-refractivity contribution is 0.0286. The largest absolute Gasteiger partial charge is 0.444 e. The Hall–Kier alpha value is -2.99. The van der Waals surface area contributed by atoms with E-state index in [0.29, 0.717) is 29.9 Å². The fraction of sp³-hybridized carbons (Fsp3) is 0.385. The molecule has 1 unspecified atom stereocenters. The van der Waals surface area contributed by atoms with Crippen LogP contribution in [-0.4, -0.2) is 34.3 Å². The lowest BCUT2D eigenvalue weighted by atomic mass is 9.85. The molecule has 1 saturated heterocycles. The van der Waals surface area contributed by atoms with Crippen molar-refractivity contribution in [2.24, 2.45) is 7.05 Å². The number of aromatic nitrogens is 1. The van der Waals surface area contributed by atoms with Crippen LogP contribution in [0.2, 0.25) is 5.02 Å². The highest BCUT2D eigenvalue weighted by Crippen LogP contribution is 2.39. The smallest absolute Gasteiger partial charge is 0.410 e.